The minimum absolute atomic E-state index is 0.355. The number of nitrogens with zero attached hydrogens (tertiary/aromatic N) is 1. The molecule has 0 unspecified atom stereocenters. The van der Waals surface area contributed by atoms with Crippen molar-refractivity contribution in [3.8, 4) is 0 Å². The standard InChI is InChI=1S/C19H27NO4/c1-3-5-9-13-23-18(21)17-16(10-4-2)24-19(22)20(17)14-15-11-7-6-8-12-15/h6-8,11-12,16-17H,3-5,9-10,13-14H2,1-2H3/t16-,17+/m0/s1. The normalized spacial score (nSPS) is 20.1. The van der Waals surface area contributed by atoms with Gasteiger partial charge in [0.1, 0.15) is 6.10 Å². The molecule has 132 valence electrons. The Labute approximate surface area is 143 Å². The van der Waals surface area contributed by atoms with Crippen LogP contribution in [-0.4, -0.2) is 35.7 Å². The van der Waals surface area contributed by atoms with Gasteiger partial charge in [-0.3, -0.25) is 4.90 Å². The number of rotatable bonds is 9. The number of unbranched alkanes of at least 4 members (excludes halogenated alkanes) is 2. The molecule has 0 spiro atoms. The monoisotopic (exact) mass is 333 g/mol. The molecular weight excluding hydrogens is 306 g/mol. The SMILES string of the molecule is CCCCCOC(=O)[C@H]1[C@H](CCC)OC(=O)N1Cc1ccccc1. The fourth-order valence-electron chi connectivity index (χ4n) is 2.91. The van der Waals surface area contributed by atoms with Crippen LogP contribution >= 0.6 is 0 Å². The third-order valence-corrected chi connectivity index (χ3v) is 4.18. The van der Waals surface area contributed by atoms with E-state index in [4.69, 9.17) is 9.47 Å². The van der Waals surface area contributed by atoms with Gasteiger partial charge in [-0.1, -0.05) is 63.4 Å². The average Bonchev–Trinajstić information content (AvgIpc) is 2.88. The van der Waals surface area contributed by atoms with Crippen molar-refractivity contribution in [1.29, 1.82) is 0 Å². The van der Waals surface area contributed by atoms with E-state index in [-0.39, 0.29) is 5.97 Å². The van der Waals surface area contributed by atoms with Crippen LogP contribution in [-0.2, 0) is 20.8 Å². The van der Waals surface area contributed by atoms with E-state index in [9.17, 15) is 9.59 Å². The smallest absolute Gasteiger partial charge is 0.411 e. The molecule has 0 radical (unpaired) electrons. The number of esters is 1. The zero-order chi connectivity index (χ0) is 17.4. The molecule has 0 saturated carbocycles. The fraction of sp³-hybridized carbons (Fsp3) is 0.579. The molecule has 0 aliphatic carbocycles. The Morgan fingerprint density at radius 1 is 1.17 bits per heavy atom. The van der Waals surface area contributed by atoms with Gasteiger partial charge in [0, 0.05) is 0 Å². The molecule has 1 amide bonds. The first-order chi connectivity index (χ1) is 11.7. The number of hydrogen-bond donors (Lipinski definition) is 0. The summed E-state index contributed by atoms with van der Waals surface area (Å²) in [5.74, 6) is -0.355. The van der Waals surface area contributed by atoms with Crippen LogP contribution in [0.2, 0.25) is 0 Å². The number of ether oxygens (including phenoxy) is 2. The largest absolute Gasteiger partial charge is 0.464 e. The summed E-state index contributed by atoms with van der Waals surface area (Å²) in [5.41, 5.74) is 0.968. The van der Waals surface area contributed by atoms with Gasteiger partial charge >= 0.3 is 12.1 Å². The zero-order valence-electron chi connectivity index (χ0n) is 14.6. The van der Waals surface area contributed by atoms with Crippen molar-refractivity contribution in [2.45, 2.75) is 64.6 Å². The maximum Gasteiger partial charge on any atom is 0.411 e. The van der Waals surface area contributed by atoms with Crippen LogP contribution in [0.15, 0.2) is 30.3 Å². The first-order valence-electron chi connectivity index (χ1n) is 8.85. The molecule has 5 nitrogen and oxygen atoms in total. The van der Waals surface area contributed by atoms with Gasteiger partial charge in [0.25, 0.3) is 0 Å². The summed E-state index contributed by atoms with van der Waals surface area (Å²) in [6.07, 6.45) is 3.59. The van der Waals surface area contributed by atoms with Gasteiger partial charge in [0.2, 0.25) is 0 Å². The van der Waals surface area contributed by atoms with Crippen LogP contribution in [0.5, 0.6) is 0 Å². The van der Waals surface area contributed by atoms with E-state index >= 15 is 0 Å². The summed E-state index contributed by atoms with van der Waals surface area (Å²) >= 11 is 0. The van der Waals surface area contributed by atoms with Crippen LogP contribution < -0.4 is 0 Å². The average molecular weight is 333 g/mol. The fourth-order valence-corrected chi connectivity index (χ4v) is 2.91. The maximum atomic E-state index is 12.5. The van der Waals surface area contributed by atoms with Crippen molar-refractivity contribution in [3.63, 3.8) is 0 Å². The molecule has 2 atom stereocenters. The summed E-state index contributed by atoms with van der Waals surface area (Å²) in [4.78, 5) is 26.3. The summed E-state index contributed by atoms with van der Waals surface area (Å²) in [5, 5.41) is 0. The van der Waals surface area contributed by atoms with Crippen molar-refractivity contribution < 1.29 is 19.1 Å². The molecule has 1 fully saturated rings. The third-order valence-electron chi connectivity index (χ3n) is 4.18. The molecule has 1 aromatic rings. The lowest BCUT2D eigenvalue weighted by Gasteiger charge is -2.23. The molecule has 5 heteroatoms. The van der Waals surface area contributed by atoms with E-state index in [1.165, 1.54) is 4.90 Å². The highest BCUT2D eigenvalue weighted by Crippen LogP contribution is 2.26. The maximum absolute atomic E-state index is 12.5. The van der Waals surface area contributed by atoms with E-state index in [1.54, 1.807) is 0 Å². The van der Waals surface area contributed by atoms with E-state index in [0.717, 1.165) is 31.2 Å². The Balaban J connectivity index is 2.07. The van der Waals surface area contributed by atoms with Gasteiger partial charge in [-0.05, 0) is 18.4 Å². The van der Waals surface area contributed by atoms with Crippen LogP contribution in [0.3, 0.4) is 0 Å². The molecule has 1 aliphatic heterocycles. The molecule has 0 aromatic heterocycles. The Kier molecular flexibility index (Phi) is 7.09. The highest BCUT2D eigenvalue weighted by Gasteiger charge is 2.46. The molecule has 1 aliphatic rings. The molecule has 1 heterocycles. The van der Waals surface area contributed by atoms with Crippen molar-refractivity contribution in [3.05, 3.63) is 35.9 Å². The van der Waals surface area contributed by atoms with Gasteiger partial charge in [-0.15, -0.1) is 0 Å². The summed E-state index contributed by atoms with van der Waals surface area (Å²) in [7, 11) is 0. The third kappa shape index (κ3) is 4.73. The number of carbonyl (C=O) groups is 2. The lowest BCUT2D eigenvalue weighted by Crippen LogP contribution is -2.43. The van der Waals surface area contributed by atoms with Crippen molar-refractivity contribution >= 4 is 12.1 Å². The first-order valence-corrected chi connectivity index (χ1v) is 8.85. The predicted molar refractivity (Wildman–Crippen MR) is 91.4 cm³/mol. The second-order valence-corrected chi connectivity index (χ2v) is 6.14. The van der Waals surface area contributed by atoms with Crippen LogP contribution in [0.1, 0.15) is 51.5 Å². The summed E-state index contributed by atoms with van der Waals surface area (Å²) < 4.78 is 10.8. The Hall–Kier alpha value is -2.04. The van der Waals surface area contributed by atoms with E-state index in [1.807, 2.05) is 37.3 Å². The number of carbonyl (C=O) groups excluding carboxylic acids is 2. The predicted octanol–water partition coefficient (Wildman–Crippen LogP) is 3.91. The van der Waals surface area contributed by atoms with E-state index < -0.39 is 18.2 Å². The molecule has 24 heavy (non-hydrogen) atoms. The van der Waals surface area contributed by atoms with Crippen molar-refractivity contribution in [2.75, 3.05) is 6.61 Å². The van der Waals surface area contributed by atoms with Crippen LogP contribution in [0.4, 0.5) is 4.79 Å². The molecule has 0 N–H and O–H groups in total. The zero-order valence-corrected chi connectivity index (χ0v) is 14.6. The summed E-state index contributed by atoms with van der Waals surface area (Å²) in [6, 6.07) is 8.97. The molecular formula is C19H27NO4. The first kappa shape index (κ1) is 18.3. The number of benzene rings is 1. The number of cyclic esters (lactones) is 1. The second-order valence-electron chi connectivity index (χ2n) is 6.14. The highest BCUT2D eigenvalue weighted by molar-refractivity contribution is 5.85. The highest BCUT2D eigenvalue weighted by atomic mass is 16.6. The topological polar surface area (TPSA) is 55.8 Å². The molecule has 1 saturated heterocycles. The van der Waals surface area contributed by atoms with Gasteiger partial charge in [-0.25, -0.2) is 9.59 Å². The minimum Gasteiger partial charge on any atom is -0.464 e. The van der Waals surface area contributed by atoms with Crippen molar-refractivity contribution in [1.82, 2.24) is 4.90 Å². The lowest BCUT2D eigenvalue weighted by atomic mass is 10.1. The number of amides is 1. The van der Waals surface area contributed by atoms with Crippen LogP contribution in [0, 0.1) is 0 Å². The second kappa shape index (κ2) is 9.30. The quantitative estimate of drug-likeness (QED) is 0.508. The van der Waals surface area contributed by atoms with Gasteiger partial charge in [0.05, 0.1) is 13.2 Å². The minimum atomic E-state index is -0.653. The molecule has 1 aromatic carbocycles. The lowest BCUT2D eigenvalue weighted by molar-refractivity contribution is -0.150. The van der Waals surface area contributed by atoms with Crippen LogP contribution in [0.25, 0.3) is 0 Å². The van der Waals surface area contributed by atoms with E-state index in [0.29, 0.717) is 19.6 Å². The van der Waals surface area contributed by atoms with Gasteiger partial charge in [0.15, 0.2) is 6.04 Å². The Bertz CT molecular complexity index is 531. The molecule has 0 bridgehead atoms. The van der Waals surface area contributed by atoms with Gasteiger partial charge in [-0.2, -0.15) is 0 Å². The molecule has 2 rings (SSSR count). The Morgan fingerprint density at radius 2 is 1.92 bits per heavy atom. The van der Waals surface area contributed by atoms with Gasteiger partial charge < -0.3 is 9.47 Å². The Morgan fingerprint density at radius 3 is 2.58 bits per heavy atom. The van der Waals surface area contributed by atoms with E-state index in [2.05, 4.69) is 6.92 Å². The van der Waals surface area contributed by atoms with Crippen molar-refractivity contribution in [2.24, 2.45) is 0 Å². The number of hydrogen-bond acceptors (Lipinski definition) is 4. The summed E-state index contributed by atoms with van der Waals surface area (Å²) in [6.45, 7) is 4.87.